The summed E-state index contributed by atoms with van der Waals surface area (Å²) in [6, 6.07) is 7.65. The number of nitrogens with zero attached hydrogens (tertiary/aromatic N) is 1. The quantitative estimate of drug-likeness (QED) is 0.876. The van der Waals surface area contributed by atoms with E-state index >= 15 is 0 Å². The summed E-state index contributed by atoms with van der Waals surface area (Å²) in [6.07, 6.45) is 3.47. The highest BCUT2D eigenvalue weighted by atomic mass is 16.5. The largest absolute Gasteiger partial charge is 0.372 e. The summed E-state index contributed by atoms with van der Waals surface area (Å²) in [6.45, 7) is 2.47. The lowest BCUT2D eigenvalue weighted by Crippen LogP contribution is -2.18. The zero-order valence-electron chi connectivity index (χ0n) is 9.64. The van der Waals surface area contributed by atoms with E-state index in [2.05, 4.69) is 10.3 Å². The van der Waals surface area contributed by atoms with Crippen LogP contribution in [-0.4, -0.2) is 24.1 Å². The Morgan fingerprint density at radius 2 is 2.29 bits per heavy atom. The molecule has 1 N–H and O–H groups in total. The third-order valence-electron chi connectivity index (χ3n) is 2.40. The van der Waals surface area contributed by atoms with Crippen LogP contribution < -0.4 is 5.32 Å². The molecular formula is C13H14N2O2. The van der Waals surface area contributed by atoms with Gasteiger partial charge in [0, 0.05) is 24.4 Å². The molecule has 2 rings (SSSR count). The first-order chi connectivity index (χ1) is 8.31. The molecule has 0 atom stereocenters. The van der Waals surface area contributed by atoms with Crippen molar-refractivity contribution in [1.29, 1.82) is 0 Å². The minimum absolute atomic E-state index is 0.0765. The summed E-state index contributed by atoms with van der Waals surface area (Å²) in [5.41, 5.74) is 0.764. The summed E-state index contributed by atoms with van der Waals surface area (Å²) in [5.74, 6) is -0.150. The van der Waals surface area contributed by atoms with Crippen molar-refractivity contribution in [1.82, 2.24) is 4.98 Å². The number of carbonyl (C=O) groups is 1. The Hall–Kier alpha value is -1.94. The molecule has 0 radical (unpaired) electrons. The average Bonchev–Trinajstić information content (AvgIpc) is 2.37. The monoisotopic (exact) mass is 230 g/mol. The van der Waals surface area contributed by atoms with Gasteiger partial charge in [-0.1, -0.05) is 12.1 Å². The lowest BCUT2D eigenvalue weighted by atomic mass is 10.1. The van der Waals surface area contributed by atoms with E-state index in [-0.39, 0.29) is 12.5 Å². The van der Waals surface area contributed by atoms with Gasteiger partial charge in [-0.15, -0.1) is 0 Å². The van der Waals surface area contributed by atoms with Gasteiger partial charge >= 0.3 is 0 Å². The number of hydrogen-bond donors (Lipinski definition) is 1. The third kappa shape index (κ3) is 2.79. The molecule has 0 saturated heterocycles. The smallest absolute Gasteiger partial charge is 0.250 e. The number of nitrogens with one attached hydrogen (secondary N) is 1. The predicted molar refractivity (Wildman–Crippen MR) is 66.9 cm³/mol. The van der Waals surface area contributed by atoms with Gasteiger partial charge in [0.15, 0.2) is 0 Å². The van der Waals surface area contributed by atoms with Gasteiger partial charge in [0.05, 0.1) is 5.69 Å². The fraction of sp³-hybridized carbons (Fsp3) is 0.231. The van der Waals surface area contributed by atoms with E-state index in [1.165, 1.54) is 0 Å². The van der Waals surface area contributed by atoms with Crippen molar-refractivity contribution in [3.63, 3.8) is 0 Å². The summed E-state index contributed by atoms with van der Waals surface area (Å²) >= 11 is 0. The molecule has 0 spiro atoms. The number of hydrogen-bond acceptors (Lipinski definition) is 3. The maximum absolute atomic E-state index is 11.6. The Balaban J connectivity index is 2.21. The number of aromatic nitrogens is 1. The van der Waals surface area contributed by atoms with Crippen LogP contribution >= 0.6 is 0 Å². The molecule has 1 aromatic heterocycles. The van der Waals surface area contributed by atoms with Crippen LogP contribution in [0.2, 0.25) is 0 Å². The molecule has 0 bridgehead atoms. The number of benzene rings is 1. The second-order valence-corrected chi connectivity index (χ2v) is 3.59. The average molecular weight is 230 g/mol. The summed E-state index contributed by atoms with van der Waals surface area (Å²) in [4.78, 5) is 15.6. The normalized spacial score (nSPS) is 10.4. The predicted octanol–water partition coefficient (Wildman–Crippen LogP) is 2.21. The van der Waals surface area contributed by atoms with Crippen molar-refractivity contribution < 1.29 is 9.53 Å². The summed E-state index contributed by atoms with van der Waals surface area (Å²) in [5, 5.41) is 4.80. The molecule has 17 heavy (non-hydrogen) atoms. The van der Waals surface area contributed by atoms with Crippen LogP contribution in [0.3, 0.4) is 0 Å². The lowest BCUT2D eigenvalue weighted by Gasteiger charge is -2.08. The number of anilines is 1. The first-order valence-electron chi connectivity index (χ1n) is 5.51. The second-order valence-electron chi connectivity index (χ2n) is 3.59. The highest BCUT2D eigenvalue weighted by Gasteiger charge is 2.05. The van der Waals surface area contributed by atoms with Crippen molar-refractivity contribution >= 4 is 22.4 Å². The molecule has 0 aliphatic rings. The highest BCUT2D eigenvalue weighted by molar-refractivity contribution is 6.02. The standard InChI is InChI=1S/C13H14N2O2/c1-2-17-9-13(16)15-12-5-3-4-10-6-7-14-8-11(10)12/h3-8H,2,9H2,1H3,(H,15,16). The molecule has 0 aliphatic carbocycles. The fourth-order valence-electron chi connectivity index (χ4n) is 1.60. The van der Waals surface area contributed by atoms with Gasteiger partial charge in [-0.2, -0.15) is 0 Å². The zero-order chi connectivity index (χ0) is 12.1. The Bertz CT molecular complexity index is 520. The van der Waals surface area contributed by atoms with Crippen molar-refractivity contribution in [3.8, 4) is 0 Å². The minimum atomic E-state index is -0.150. The van der Waals surface area contributed by atoms with Crippen LogP contribution in [-0.2, 0) is 9.53 Å². The van der Waals surface area contributed by atoms with Gasteiger partial charge < -0.3 is 10.1 Å². The van der Waals surface area contributed by atoms with Gasteiger partial charge in [-0.25, -0.2) is 0 Å². The summed E-state index contributed by atoms with van der Waals surface area (Å²) < 4.78 is 5.05. The molecule has 0 saturated carbocycles. The van der Waals surface area contributed by atoms with Crippen LogP contribution in [0.1, 0.15) is 6.92 Å². The number of ether oxygens (including phenoxy) is 1. The highest BCUT2D eigenvalue weighted by Crippen LogP contribution is 2.21. The van der Waals surface area contributed by atoms with Crippen LogP contribution in [0.15, 0.2) is 36.7 Å². The maximum Gasteiger partial charge on any atom is 0.250 e. The molecule has 88 valence electrons. The van der Waals surface area contributed by atoms with E-state index in [1.54, 1.807) is 12.4 Å². The van der Waals surface area contributed by atoms with E-state index in [0.29, 0.717) is 6.61 Å². The van der Waals surface area contributed by atoms with Gasteiger partial charge in [0.1, 0.15) is 6.61 Å². The Labute approximate surface area is 99.6 Å². The van der Waals surface area contributed by atoms with Crippen LogP contribution in [0.5, 0.6) is 0 Å². The van der Waals surface area contributed by atoms with Crippen LogP contribution in [0.4, 0.5) is 5.69 Å². The molecule has 1 aromatic carbocycles. The summed E-state index contributed by atoms with van der Waals surface area (Å²) in [7, 11) is 0. The van der Waals surface area contributed by atoms with Crippen molar-refractivity contribution in [3.05, 3.63) is 36.7 Å². The topological polar surface area (TPSA) is 51.2 Å². The van der Waals surface area contributed by atoms with Gasteiger partial charge in [0.25, 0.3) is 0 Å². The fourth-order valence-corrected chi connectivity index (χ4v) is 1.60. The molecular weight excluding hydrogens is 216 g/mol. The van der Waals surface area contributed by atoms with Crippen LogP contribution in [0, 0.1) is 0 Å². The van der Waals surface area contributed by atoms with Gasteiger partial charge in [-0.05, 0) is 24.4 Å². The SMILES string of the molecule is CCOCC(=O)Nc1cccc2ccncc12. The molecule has 4 heteroatoms. The number of fused-ring (bicyclic) bond motifs is 1. The molecule has 4 nitrogen and oxygen atoms in total. The second kappa shape index (κ2) is 5.41. The third-order valence-corrected chi connectivity index (χ3v) is 2.40. The minimum Gasteiger partial charge on any atom is -0.372 e. The number of carbonyl (C=O) groups excluding carboxylic acids is 1. The Morgan fingerprint density at radius 3 is 3.12 bits per heavy atom. The van der Waals surface area contributed by atoms with E-state index < -0.39 is 0 Å². The number of amides is 1. The molecule has 2 aromatic rings. The molecule has 1 heterocycles. The van der Waals surface area contributed by atoms with Crippen molar-refractivity contribution in [2.24, 2.45) is 0 Å². The number of rotatable bonds is 4. The molecule has 0 unspecified atom stereocenters. The Morgan fingerprint density at radius 1 is 1.41 bits per heavy atom. The first kappa shape index (κ1) is 11.5. The van der Waals surface area contributed by atoms with E-state index in [1.807, 2.05) is 31.2 Å². The van der Waals surface area contributed by atoms with Gasteiger partial charge in [-0.3, -0.25) is 9.78 Å². The van der Waals surface area contributed by atoms with Crippen LogP contribution in [0.25, 0.3) is 10.8 Å². The molecule has 0 aliphatic heterocycles. The van der Waals surface area contributed by atoms with E-state index in [9.17, 15) is 4.79 Å². The lowest BCUT2D eigenvalue weighted by molar-refractivity contribution is -0.120. The van der Waals surface area contributed by atoms with Gasteiger partial charge in [0.2, 0.25) is 5.91 Å². The zero-order valence-corrected chi connectivity index (χ0v) is 9.64. The molecule has 1 amide bonds. The van der Waals surface area contributed by atoms with Crippen molar-refractivity contribution in [2.75, 3.05) is 18.5 Å². The molecule has 0 fully saturated rings. The van der Waals surface area contributed by atoms with E-state index in [4.69, 9.17) is 4.74 Å². The first-order valence-corrected chi connectivity index (χ1v) is 5.51. The Kier molecular flexibility index (Phi) is 3.67. The number of pyridine rings is 1. The van der Waals surface area contributed by atoms with E-state index in [0.717, 1.165) is 16.5 Å². The maximum atomic E-state index is 11.6. The van der Waals surface area contributed by atoms with Crippen molar-refractivity contribution in [2.45, 2.75) is 6.92 Å².